The number of hydrogen-bond donors (Lipinski definition) is 1. The summed E-state index contributed by atoms with van der Waals surface area (Å²) in [6.07, 6.45) is 2.45. The van der Waals surface area contributed by atoms with Crippen LogP contribution in [0.5, 0.6) is 0 Å². The minimum absolute atomic E-state index is 0.0264. The number of nitrogens with two attached hydrogens (primary N) is 1. The maximum atomic E-state index is 11.9. The molecule has 1 atom stereocenters. The molecule has 1 saturated heterocycles. The van der Waals surface area contributed by atoms with E-state index in [1.165, 1.54) is 0 Å². The monoisotopic (exact) mass is 213 g/mol. The fourth-order valence-corrected chi connectivity index (χ4v) is 1.79. The Morgan fingerprint density at radius 1 is 1.33 bits per heavy atom. The second-order valence-electron chi connectivity index (χ2n) is 4.41. The van der Waals surface area contributed by atoms with Crippen molar-refractivity contribution in [3.05, 3.63) is 0 Å². The van der Waals surface area contributed by atoms with Gasteiger partial charge in [0.05, 0.1) is 0 Å². The van der Waals surface area contributed by atoms with Crippen LogP contribution in [0.4, 0.5) is 0 Å². The molecule has 0 aromatic carbocycles. The van der Waals surface area contributed by atoms with Gasteiger partial charge in [-0.15, -0.1) is 0 Å². The van der Waals surface area contributed by atoms with Crippen LogP contribution in [0.25, 0.3) is 0 Å². The minimum Gasteiger partial charge on any atom is -0.341 e. The standard InChI is InChI=1S/C11H23N3O/c1-3-10(12)9-11(15)14-6-4-5-13(2)7-8-14/h10H,3-9,12H2,1-2H3. The van der Waals surface area contributed by atoms with Crippen molar-refractivity contribution in [1.29, 1.82) is 0 Å². The number of amides is 1. The van der Waals surface area contributed by atoms with Gasteiger partial charge in [0.25, 0.3) is 0 Å². The van der Waals surface area contributed by atoms with Gasteiger partial charge in [0.2, 0.25) is 5.91 Å². The largest absolute Gasteiger partial charge is 0.341 e. The first-order chi connectivity index (χ1) is 7.13. The third kappa shape index (κ3) is 4.18. The molecular formula is C11H23N3O. The van der Waals surface area contributed by atoms with Gasteiger partial charge in [-0.25, -0.2) is 0 Å². The van der Waals surface area contributed by atoms with Crippen molar-refractivity contribution in [1.82, 2.24) is 9.80 Å². The van der Waals surface area contributed by atoms with Gasteiger partial charge in [0.1, 0.15) is 0 Å². The summed E-state index contributed by atoms with van der Waals surface area (Å²) in [7, 11) is 2.10. The molecule has 1 heterocycles. The fourth-order valence-electron chi connectivity index (χ4n) is 1.79. The maximum Gasteiger partial charge on any atom is 0.224 e. The molecule has 1 aliphatic rings. The zero-order chi connectivity index (χ0) is 11.3. The number of carbonyl (C=O) groups excluding carboxylic acids is 1. The zero-order valence-electron chi connectivity index (χ0n) is 9.91. The average Bonchev–Trinajstić information content (AvgIpc) is 2.42. The van der Waals surface area contributed by atoms with Crippen LogP contribution in [0.1, 0.15) is 26.2 Å². The molecule has 1 fully saturated rings. The molecule has 2 N–H and O–H groups in total. The van der Waals surface area contributed by atoms with Crippen LogP contribution in [0, 0.1) is 0 Å². The first-order valence-corrected chi connectivity index (χ1v) is 5.85. The Morgan fingerprint density at radius 3 is 2.73 bits per heavy atom. The van der Waals surface area contributed by atoms with Crippen LogP contribution in [-0.2, 0) is 4.79 Å². The van der Waals surface area contributed by atoms with Crippen molar-refractivity contribution in [3.8, 4) is 0 Å². The summed E-state index contributed by atoms with van der Waals surface area (Å²) in [5, 5.41) is 0. The first kappa shape index (κ1) is 12.5. The smallest absolute Gasteiger partial charge is 0.224 e. The molecule has 4 nitrogen and oxygen atoms in total. The van der Waals surface area contributed by atoms with Crippen LogP contribution in [0.2, 0.25) is 0 Å². The minimum atomic E-state index is 0.0264. The van der Waals surface area contributed by atoms with Gasteiger partial charge in [-0.05, 0) is 26.4 Å². The Bertz CT molecular complexity index is 208. The van der Waals surface area contributed by atoms with E-state index in [0.717, 1.165) is 39.0 Å². The molecule has 0 saturated carbocycles. The molecule has 0 radical (unpaired) electrons. The van der Waals surface area contributed by atoms with E-state index in [0.29, 0.717) is 6.42 Å². The third-order valence-corrected chi connectivity index (χ3v) is 3.03. The molecule has 0 aromatic heterocycles. The molecule has 4 heteroatoms. The molecule has 1 amide bonds. The third-order valence-electron chi connectivity index (χ3n) is 3.03. The molecule has 0 aromatic rings. The van der Waals surface area contributed by atoms with Crippen molar-refractivity contribution in [2.24, 2.45) is 5.73 Å². The van der Waals surface area contributed by atoms with Crippen LogP contribution in [0.3, 0.4) is 0 Å². The number of likely N-dealkylation sites (N-methyl/N-ethyl adjacent to an activating group) is 1. The number of hydrogen-bond acceptors (Lipinski definition) is 3. The van der Waals surface area contributed by atoms with E-state index in [1.54, 1.807) is 0 Å². The molecule has 15 heavy (non-hydrogen) atoms. The van der Waals surface area contributed by atoms with Gasteiger partial charge in [-0.1, -0.05) is 6.92 Å². The van der Waals surface area contributed by atoms with Gasteiger partial charge in [0, 0.05) is 32.1 Å². The maximum absolute atomic E-state index is 11.9. The summed E-state index contributed by atoms with van der Waals surface area (Å²) in [5.74, 6) is 0.222. The lowest BCUT2D eigenvalue weighted by Crippen LogP contribution is -2.37. The SMILES string of the molecule is CCC(N)CC(=O)N1CCCN(C)CC1. The van der Waals surface area contributed by atoms with E-state index in [4.69, 9.17) is 5.73 Å². The lowest BCUT2D eigenvalue weighted by molar-refractivity contribution is -0.131. The number of nitrogens with zero attached hydrogens (tertiary/aromatic N) is 2. The second-order valence-corrected chi connectivity index (χ2v) is 4.41. The predicted octanol–water partition coefficient (Wildman–Crippen LogP) is 0.278. The molecule has 0 spiro atoms. The Labute approximate surface area is 92.4 Å². The normalized spacial score (nSPS) is 21.1. The van der Waals surface area contributed by atoms with Gasteiger partial charge < -0.3 is 15.5 Å². The summed E-state index contributed by atoms with van der Waals surface area (Å²) < 4.78 is 0. The molecule has 1 aliphatic heterocycles. The number of carbonyl (C=O) groups is 1. The topological polar surface area (TPSA) is 49.6 Å². The zero-order valence-corrected chi connectivity index (χ0v) is 9.91. The van der Waals surface area contributed by atoms with E-state index in [2.05, 4.69) is 11.9 Å². The Kier molecular flexibility index (Phi) is 5.05. The van der Waals surface area contributed by atoms with Gasteiger partial charge >= 0.3 is 0 Å². The van der Waals surface area contributed by atoms with Gasteiger partial charge in [-0.2, -0.15) is 0 Å². The van der Waals surface area contributed by atoms with E-state index in [9.17, 15) is 4.79 Å². The summed E-state index contributed by atoms with van der Waals surface area (Å²) in [6.45, 7) is 5.83. The van der Waals surface area contributed by atoms with Crippen molar-refractivity contribution in [2.45, 2.75) is 32.2 Å². The average molecular weight is 213 g/mol. The highest BCUT2D eigenvalue weighted by Crippen LogP contribution is 2.05. The van der Waals surface area contributed by atoms with Crippen LogP contribution in [0.15, 0.2) is 0 Å². The van der Waals surface area contributed by atoms with Crippen LogP contribution < -0.4 is 5.73 Å². The van der Waals surface area contributed by atoms with Crippen molar-refractivity contribution in [3.63, 3.8) is 0 Å². The predicted molar refractivity (Wildman–Crippen MR) is 61.6 cm³/mol. The lowest BCUT2D eigenvalue weighted by Gasteiger charge is -2.22. The Balaban J connectivity index is 2.38. The summed E-state index contributed by atoms with van der Waals surface area (Å²) >= 11 is 0. The molecule has 88 valence electrons. The molecule has 1 unspecified atom stereocenters. The second kappa shape index (κ2) is 6.08. The van der Waals surface area contributed by atoms with Crippen molar-refractivity contribution < 1.29 is 4.79 Å². The molecule has 0 bridgehead atoms. The molecule has 0 aliphatic carbocycles. The Morgan fingerprint density at radius 2 is 2.07 bits per heavy atom. The Hall–Kier alpha value is -0.610. The van der Waals surface area contributed by atoms with Gasteiger partial charge in [0.15, 0.2) is 0 Å². The van der Waals surface area contributed by atoms with Gasteiger partial charge in [-0.3, -0.25) is 4.79 Å². The van der Waals surface area contributed by atoms with E-state index < -0.39 is 0 Å². The quantitative estimate of drug-likeness (QED) is 0.732. The summed E-state index contributed by atoms with van der Waals surface area (Å²) in [5.41, 5.74) is 5.79. The first-order valence-electron chi connectivity index (χ1n) is 5.85. The van der Waals surface area contributed by atoms with Crippen LogP contribution >= 0.6 is 0 Å². The number of rotatable bonds is 3. The highest BCUT2D eigenvalue weighted by Gasteiger charge is 2.18. The summed E-state index contributed by atoms with van der Waals surface area (Å²) in [6, 6.07) is 0.0264. The van der Waals surface area contributed by atoms with E-state index in [-0.39, 0.29) is 11.9 Å². The molecular weight excluding hydrogens is 190 g/mol. The molecule has 1 rings (SSSR count). The highest BCUT2D eigenvalue weighted by atomic mass is 16.2. The fraction of sp³-hybridized carbons (Fsp3) is 0.909. The van der Waals surface area contributed by atoms with Crippen LogP contribution in [-0.4, -0.2) is 55.0 Å². The van der Waals surface area contributed by atoms with E-state index in [1.807, 2.05) is 11.8 Å². The van der Waals surface area contributed by atoms with Crippen molar-refractivity contribution in [2.75, 3.05) is 33.2 Å². The van der Waals surface area contributed by atoms with Crippen molar-refractivity contribution >= 4 is 5.91 Å². The highest BCUT2D eigenvalue weighted by molar-refractivity contribution is 5.76. The van der Waals surface area contributed by atoms with E-state index >= 15 is 0 Å². The lowest BCUT2D eigenvalue weighted by atomic mass is 10.1. The summed E-state index contributed by atoms with van der Waals surface area (Å²) in [4.78, 5) is 16.1.